The molecule has 2 N–H and O–H groups in total. The number of hydrogen-bond acceptors (Lipinski definition) is 4. The van der Waals surface area contributed by atoms with Crippen molar-refractivity contribution in [3.8, 4) is 0 Å². The molecule has 0 spiro atoms. The first-order valence-corrected chi connectivity index (χ1v) is 6.64. The van der Waals surface area contributed by atoms with E-state index in [1.165, 1.54) is 12.0 Å². The number of esters is 1. The lowest BCUT2D eigenvalue weighted by Gasteiger charge is -2.22. The molecule has 0 aliphatic heterocycles. The summed E-state index contributed by atoms with van der Waals surface area (Å²) in [4.78, 5) is 35.3. The maximum Gasteiger partial charge on any atom is 0.325 e. The van der Waals surface area contributed by atoms with Gasteiger partial charge in [-0.05, 0) is 19.3 Å². The predicted octanol–water partition coefficient (Wildman–Crippen LogP) is 0.938. The summed E-state index contributed by atoms with van der Waals surface area (Å²) >= 11 is 0. The Kier molecular flexibility index (Phi) is 8.35. The second-order valence-electron chi connectivity index (χ2n) is 4.94. The second kappa shape index (κ2) is 9.17. The van der Waals surface area contributed by atoms with Crippen molar-refractivity contribution < 1.29 is 24.2 Å². The van der Waals surface area contributed by atoms with Crippen LogP contribution in [0, 0.1) is 11.8 Å². The SMILES string of the molecule is CCN(CC(=O)OC)C(=O)NCC(CC(C)C)C(=O)O. The third kappa shape index (κ3) is 6.96. The van der Waals surface area contributed by atoms with E-state index in [4.69, 9.17) is 5.11 Å². The molecule has 116 valence electrons. The number of carbonyl (C=O) groups is 3. The van der Waals surface area contributed by atoms with E-state index in [2.05, 4.69) is 10.1 Å². The Labute approximate surface area is 119 Å². The lowest BCUT2D eigenvalue weighted by molar-refractivity contribution is -0.143. The number of ether oxygens (including phenoxy) is 1. The largest absolute Gasteiger partial charge is 0.481 e. The van der Waals surface area contributed by atoms with Crippen LogP contribution in [-0.4, -0.2) is 54.7 Å². The van der Waals surface area contributed by atoms with E-state index >= 15 is 0 Å². The number of urea groups is 1. The Hall–Kier alpha value is -1.79. The summed E-state index contributed by atoms with van der Waals surface area (Å²) in [5.41, 5.74) is 0. The van der Waals surface area contributed by atoms with Crippen molar-refractivity contribution in [2.24, 2.45) is 11.8 Å². The van der Waals surface area contributed by atoms with Crippen LogP contribution in [0.5, 0.6) is 0 Å². The van der Waals surface area contributed by atoms with Crippen LogP contribution < -0.4 is 5.32 Å². The minimum atomic E-state index is -0.935. The number of carboxylic acids is 1. The molecule has 1 atom stereocenters. The molecule has 7 nitrogen and oxygen atoms in total. The Bertz CT molecular complexity index is 344. The summed E-state index contributed by atoms with van der Waals surface area (Å²) in [5, 5.41) is 11.6. The molecule has 20 heavy (non-hydrogen) atoms. The maximum absolute atomic E-state index is 11.9. The first-order chi connectivity index (χ1) is 9.31. The Morgan fingerprint density at radius 2 is 1.90 bits per heavy atom. The molecule has 0 saturated carbocycles. The zero-order valence-electron chi connectivity index (χ0n) is 12.5. The quantitative estimate of drug-likeness (QED) is 0.648. The van der Waals surface area contributed by atoms with Crippen molar-refractivity contribution in [1.29, 1.82) is 0 Å². The second-order valence-corrected chi connectivity index (χ2v) is 4.94. The first kappa shape index (κ1) is 18.2. The van der Waals surface area contributed by atoms with E-state index in [0.29, 0.717) is 13.0 Å². The summed E-state index contributed by atoms with van der Waals surface area (Å²) in [6.07, 6.45) is 0.485. The van der Waals surface area contributed by atoms with Gasteiger partial charge in [0.15, 0.2) is 0 Å². The number of aliphatic carboxylic acids is 1. The molecule has 0 radical (unpaired) electrons. The van der Waals surface area contributed by atoms with Crippen molar-refractivity contribution in [2.75, 3.05) is 26.7 Å². The van der Waals surface area contributed by atoms with Gasteiger partial charge < -0.3 is 20.1 Å². The first-order valence-electron chi connectivity index (χ1n) is 6.64. The summed E-state index contributed by atoms with van der Waals surface area (Å²) in [5.74, 6) is -1.85. The fourth-order valence-corrected chi connectivity index (χ4v) is 1.71. The molecule has 0 heterocycles. The Morgan fingerprint density at radius 3 is 2.30 bits per heavy atom. The summed E-state index contributed by atoms with van der Waals surface area (Å²) in [6.45, 7) is 5.81. The van der Waals surface area contributed by atoms with Gasteiger partial charge in [0, 0.05) is 13.1 Å². The maximum atomic E-state index is 11.9. The molecule has 0 fully saturated rings. The number of carboxylic acid groups (broad SMARTS) is 1. The number of carbonyl (C=O) groups excluding carboxylic acids is 2. The molecule has 1 unspecified atom stereocenters. The number of nitrogens with one attached hydrogen (secondary N) is 1. The van der Waals surface area contributed by atoms with Gasteiger partial charge in [0.1, 0.15) is 6.54 Å². The number of rotatable bonds is 8. The van der Waals surface area contributed by atoms with Crippen molar-refractivity contribution in [2.45, 2.75) is 27.2 Å². The number of hydrogen-bond donors (Lipinski definition) is 2. The monoisotopic (exact) mass is 288 g/mol. The van der Waals surface area contributed by atoms with Crippen LogP contribution in [0.4, 0.5) is 4.79 Å². The van der Waals surface area contributed by atoms with Gasteiger partial charge in [-0.1, -0.05) is 13.8 Å². The Balaban J connectivity index is 4.41. The van der Waals surface area contributed by atoms with Crippen LogP contribution >= 0.6 is 0 Å². The van der Waals surface area contributed by atoms with Crippen LogP contribution in [0.3, 0.4) is 0 Å². The normalized spacial score (nSPS) is 11.8. The molecular formula is C13H24N2O5. The zero-order valence-corrected chi connectivity index (χ0v) is 12.5. The highest BCUT2D eigenvalue weighted by Crippen LogP contribution is 2.11. The van der Waals surface area contributed by atoms with E-state index in [0.717, 1.165) is 0 Å². The van der Waals surface area contributed by atoms with E-state index in [1.807, 2.05) is 13.8 Å². The van der Waals surface area contributed by atoms with Crippen LogP contribution in [0.15, 0.2) is 0 Å². The van der Waals surface area contributed by atoms with Crippen molar-refractivity contribution >= 4 is 18.0 Å². The molecule has 0 saturated heterocycles. The number of likely N-dealkylation sites (N-methyl/N-ethyl adjacent to an activating group) is 1. The molecule has 2 amide bonds. The molecule has 0 aliphatic carbocycles. The molecule has 0 aliphatic rings. The number of methoxy groups -OCH3 is 1. The van der Waals surface area contributed by atoms with Crippen LogP contribution in [0.2, 0.25) is 0 Å². The summed E-state index contributed by atoms with van der Waals surface area (Å²) in [6, 6.07) is -0.465. The fraction of sp³-hybridized carbons (Fsp3) is 0.769. The Morgan fingerprint density at radius 1 is 1.30 bits per heavy atom. The molecule has 0 aromatic heterocycles. The van der Waals surface area contributed by atoms with E-state index in [1.54, 1.807) is 6.92 Å². The lowest BCUT2D eigenvalue weighted by Crippen LogP contribution is -2.45. The van der Waals surface area contributed by atoms with Crippen molar-refractivity contribution in [1.82, 2.24) is 10.2 Å². The van der Waals surface area contributed by atoms with E-state index < -0.39 is 23.9 Å². The highest BCUT2D eigenvalue weighted by Gasteiger charge is 2.22. The van der Waals surface area contributed by atoms with Gasteiger partial charge in [-0.25, -0.2) is 4.79 Å². The third-order valence-corrected chi connectivity index (χ3v) is 2.82. The molecule has 0 rings (SSSR count). The number of amides is 2. The minimum Gasteiger partial charge on any atom is -0.481 e. The van der Waals surface area contributed by atoms with Gasteiger partial charge >= 0.3 is 18.0 Å². The highest BCUT2D eigenvalue weighted by atomic mass is 16.5. The van der Waals surface area contributed by atoms with Gasteiger partial charge in [-0.3, -0.25) is 9.59 Å². The van der Waals surface area contributed by atoms with Gasteiger partial charge in [0.2, 0.25) is 0 Å². The highest BCUT2D eigenvalue weighted by molar-refractivity contribution is 5.81. The van der Waals surface area contributed by atoms with Crippen LogP contribution in [0.25, 0.3) is 0 Å². The van der Waals surface area contributed by atoms with E-state index in [9.17, 15) is 14.4 Å². The molecular weight excluding hydrogens is 264 g/mol. The summed E-state index contributed by atoms with van der Waals surface area (Å²) in [7, 11) is 1.25. The van der Waals surface area contributed by atoms with Crippen LogP contribution in [0.1, 0.15) is 27.2 Å². The topological polar surface area (TPSA) is 95.9 Å². The van der Waals surface area contributed by atoms with Gasteiger partial charge in [0.25, 0.3) is 0 Å². The number of nitrogens with zero attached hydrogens (tertiary/aromatic N) is 1. The van der Waals surface area contributed by atoms with Crippen LogP contribution in [-0.2, 0) is 14.3 Å². The molecule has 0 aromatic carbocycles. The summed E-state index contributed by atoms with van der Waals surface area (Å²) < 4.78 is 4.49. The van der Waals surface area contributed by atoms with Gasteiger partial charge in [-0.15, -0.1) is 0 Å². The third-order valence-electron chi connectivity index (χ3n) is 2.82. The molecule has 0 aromatic rings. The minimum absolute atomic E-state index is 0.0457. The van der Waals surface area contributed by atoms with Crippen molar-refractivity contribution in [3.63, 3.8) is 0 Å². The van der Waals surface area contributed by atoms with E-state index in [-0.39, 0.29) is 19.0 Å². The average Bonchev–Trinajstić information content (AvgIpc) is 2.39. The smallest absolute Gasteiger partial charge is 0.325 e. The predicted molar refractivity (Wildman–Crippen MR) is 73.2 cm³/mol. The zero-order chi connectivity index (χ0) is 15.7. The van der Waals surface area contributed by atoms with Crippen molar-refractivity contribution in [3.05, 3.63) is 0 Å². The van der Waals surface area contributed by atoms with Gasteiger partial charge in [0.05, 0.1) is 13.0 Å². The average molecular weight is 288 g/mol. The van der Waals surface area contributed by atoms with Gasteiger partial charge in [-0.2, -0.15) is 0 Å². The standard InChI is InChI=1S/C13H24N2O5/c1-5-15(8-11(16)20-4)13(19)14-7-10(12(17)18)6-9(2)3/h9-10H,5-8H2,1-4H3,(H,14,19)(H,17,18). The fourth-order valence-electron chi connectivity index (χ4n) is 1.71. The lowest BCUT2D eigenvalue weighted by atomic mass is 9.97. The molecule has 7 heteroatoms. The molecule has 0 bridgehead atoms.